The summed E-state index contributed by atoms with van der Waals surface area (Å²) in [6, 6.07) is 13.0. The topological polar surface area (TPSA) is 22.1 Å². The Kier molecular flexibility index (Phi) is 11.5. The average Bonchev–Trinajstić information content (AvgIpc) is 2.76. The van der Waals surface area contributed by atoms with E-state index in [1.165, 1.54) is 68.9 Å². The van der Waals surface area contributed by atoms with Crippen molar-refractivity contribution in [1.29, 1.82) is 0 Å². The van der Waals surface area contributed by atoms with Crippen molar-refractivity contribution in [2.75, 3.05) is 6.61 Å². The molecule has 0 fully saturated rings. The Morgan fingerprint density at radius 3 is 2.07 bits per heavy atom. The number of unbranched alkanes of at least 4 members (excludes halogenated alkanes) is 8. The fourth-order valence-electron chi connectivity index (χ4n) is 3.69. The molecule has 0 radical (unpaired) electrons. The molecule has 0 saturated heterocycles. The molecule has 1 heterocycles. The van der Waals surface area contributed by atoms with Crippen LogP contribution in [0, 0.1) is 0 Å². The van der Waals surface area contributed by atoms with Crippen LogP contribution in [0.15, 0.2) is 42.6 Å². The third kappa shape index (κ3) is 9.02. The lowest BCUT2D eigenvalue weighted by atomic mass is 9.96. The molecule has 29 heavy (non-hydrogen) atoms. The van der Waals surface area contributed by atoms with Gasteiger partial charge >= 0.3 is 0 Å². The van der Waals surface area contributed by atoms with E-state index in [2.05, 4.69) is 63.4 Å². The zero-order valence-corrected chi connectivity index (χ0v) is 19.0. The Bertz CT molecular complexity index is 647. The minimum absolute atomic E-state index is 0.302. The predicted octanol–water partition coefficient (Wildman–Crippen LogP) is 8.10. The van der Waals surface area contributed by atoms with Crippen LogP contribution in [0.3, 0.4) is 0 Å². The highest BCUT2D eigenvalue weighted by atomic mass is 16.5. The van der Waals surface area contributed by atoms with Crippen LogP contribution in [0.4, 0.5) is 0 Å². The van der Waals surface area contributed by atoms with E-state index in [-0.39, 0.29) is 0 Å². The van der Waals surface area contributed by atoms with Crippen molar-refractivity contribution >= 4 is 0 Å². The molecule has 0 spiro atoms. The first-order valence-corrected chi connectivity index (χ1v) is 11.9. The number of pyridine rings is 1. The second kappa shape index (κ2) is 14.2. The minimum atomic E-state index is 0.302. The van der Waals surface area contributed by atoms with Gasteiger partial charge in [-0.25, -0.2) is 0 Å². The van der Waals surface area contributed by atoms with Crippen molar-refractivity contribution in [3.8, 4) is 5.75 Å². The lowest BCUT2D eigenvalue weighted by Crippen LogP contribution is -2.01. The highest BCUT2D eigenvalue weighted by Crippen LogP contribution is 2.25. The third-order valence-electron chi connectivity index (χ3n) is 5.76. The number of hydrogen-bond acceptors (Lipinski definition) is 2. The number of aryl methyl sites for hydroxylation is 1. The first kappa shape index (κ1) is 23.4. The predicted molar refractivity (Wildman–Crippen MR) is 125 cm³/mol. The van der Waals surface area contributed by atoms with Gasteiger partial charge in [0.2, 0.25) is 0 Å². The normalized spacial score (nSPS) is 12.1. The third-order valence-corrected chi connectivity index (χ3v) is 5.76. The first-order valence-electron chi connectivity index (χ1n) is 11.9. The van der Waals surface area contributed by atoms with E-state index in [1.54, 1.807) is 0 Å². The maximum atomic E-state index is 5.86. The summed E-state index contributed by atoms with van der Waals surface area (Å²) in [6.45, 7) is 7.55. The van der Waals surface area contributed by atoms with Gasteiger partial charge < -0.3 is 4.74 Å². The molecule has 0 aliphatic carbocycles. The van der Waals surface area contributed by atoms with Crippen molar-refractivity contribution < 1.29 is 4.74 Å². The summed E-state index contributed by atoms with van der Waals surface area (Å²) >= 11 is 0. The van der Waals surface area contributed by atoms with Crippen LogP contribution < -0.4 is 4.74 Å². The number of rotatable bonds is 15. The van der Waals surface area contributed by atoms with Crippen molar-refractivity contribution in [2.24, 2.45) is 0 Å². The van der Waals surface area contributed by atoms with E-state index in [1.807, 2.05) is 0 Å². The van der Waals surface area contributed by atoms with Gasteiger partial charge in [-0.3, -0.25) is 4.98 Å². The summed E-state index contributed by atoms with van der Waals surface area (Å²) in [5.74, 6) is 1.27. The van der Waals surface area contributed by atoms with Gasteiger partial charge in [0.25, 0.3) is 0 Å². The molecule has 2 aromatic rings. The molecule has 160 valence electrons. The SMILES string of the molecule is CCCCCCCCc1ccc(C(C)c2ccc(OCCCCCC)cc2)nc1. The Morgan fingerprint density at radius 2 is 1.41 bits per heavy atom. The molecular weight excluding hydrogens is 354 g/mol. The van der Waals surface area contributed by atoms with Crippen LogP contribution in [0.5, 0.6) is 5.75 Å². The summed E-state index contributed by atoms with van der Waals surface area (Å²) in [5, 5.41) is 0. The maximum absolute atomic E-state index is 5.86. The summed E-state index contributed by atoms with van der Waals surface area (Å²) in [7, 11) is 0. The van der Waals surface area contributed by atoms with Gasteiger partial charge in [0.1, 0.15) is 5.75 Å². The van der Waals surface area contributed by atoms with Crippen LogP contribution in [0.1, 0.15) is 108 Å². The molecule has 0 saturated carbocycles. The van der Waals surface area contributed by atoms with Crippen LogP contribution in [0.2, 0.25) is 0 Å². The fraction of sp³-hybridized carbons (Fsp3) is 0.593. The monoisotopic (exact) mass is 395 g/mol. The van der Waals surface area contributed by atoms with Crippen LogP contribution in [-0.2, 0) is 6.42 Å². The highest BCUT2D eigenvalue weighted by molar-refractivity contribution is 5.33. The van der Waals surface area contributed by atoms with E-state index in [0.29, 0.717) is 5.92 Å². The van der Waals surface area contributed by atoms with Crippen LogP contribution in [-0.4, -0.2) is 11.6 Å². The smallest absolute Gasteiger partial charge is 0.119 e. The highest BCUT2D eigenvalue weighted by Gasteiger charge is 2.10. The Balaban J connectivity index is 1.76. The van der Waals surface area contributed by atoms with E-state index >= 15 is 0 Å². The van der Waals surface area contributed by atoms with E-state index in [4.69, 9.17) is 9.72 Å². The number of ether oxygens (including phenoxy) is 1. The Labute approximate surface area is 179 Å². The van der Waals surface area contributed by atoms with Crippen molar-refractivity contribution in [2.45, 2.75) is 97.3 Å². The second-order valence-electron chi connectivity index (χ2n) is 8.31. The minimum Gasteiger partial charge on any atom is -0.494 e. The number of aromatic nitrogens is 1. The van der Waals surface area contributed by atoms with E-state index < -0.39 is 0 Å². The molecule has 0 aliphatic rings. The molecule has 1 atom stereocenters. The van der Waals surface area contributed by atoms with Crippen molar-refractivity contribution in [1.82, 2.24) is 4.98 Å². The summed E-state index contributed by atoms with van der Waals surface area (Å²) in [4.78, 5) is 4.75. The van der Waals surface area contributed by atoms with Gasteiger partial charge in [-0.2, -0.15) is 0 Å². The van der Waals surface area contributed by atoms with Gasteiger partial charge in [0.15, 0.2) is 0 Å². The number of benzene rings is 1. The Morgan fingerprint density at radius 1 is 0.759 bits per heavy atom. The Hall–Kier alpha value is -1.83. The number of hydrogen-bond donors (Lipinski definition) is 0. The molecule has 2 rings (SSSR count). The molecule has 0 amide bonds. The summed E-state index contributed by atoms with van der Waals surface area (Å²) < 4.78 is 5.86. The summed E-state index contributed by atoms with van der Waals surface area (Å²) in [5.41, 5.74) is 3.80. The zero-order valence-electron chi connectivity index (χ0n) is 19.0. The van der Waals surface area contributed by atoms with Gasteiger partial charge in [0.05, 0.1) is 6.61 Å². The molecule has 0 bridgehead atoms. The molecule has 1 aromatic heterocycles. The van der Waals surface area contributed by atoms with Gasteiger partial charge in [-0.1, -0.05) is 90.3 Å². The standard InChI is InChI=1S/C27H41NO/c1-4-6-8-10-11-12-14-24-15-20-27(28-22-24)23(3)25-16-18-26(19-17-25)29-21-13-9-7-5-2/h15-20,22-23H,4-14,21H2,1-3H3. The largest absolute Gasteiger partial charge is 0.494 e. The summed E-state index contributed by atoms with van der Waals surface area (Å²) in [6.07, 6.45) is 16.2. The molecule has 2 heteroatoms. The molecule has 0 N–H and O–H groups in total. The van der Waals surface area contributed by atoms with Gasteiger partial charge in [-0.15, -0.1) is 0 Å². The molecule has 1 aromatic carbocycles. The van der Waals surface area contributed by atoms with Gasteiger partial charge in [0, 0.05) is 17.8 Å². The molecule has 2 nitrogen and oxygen atoms in total. The molecular formula is C27H41NO. The zero-order chi connectivity index (χ0) is 20.7. The molecule has 1 unspecified atom stereocenters. The van der Waals surface area contributed by atoms with Crippen LogP contribution >= 0.6 is 0 Å². The van der Waals surface area contributed by atoms with Gasteiger partial charge in [-0.05, 0) is 48.6 Å². The average molecular weight is 396 g/mol. The first-order chi connectivity index (χ1) is 14.2. The van der Waals surface area contributed by atoms with E-state index in [0.717, 1.165) is 30.9 Å². The lowest BCUT2D eigenvalue weighted by Gasteiger charge is -2.13. The molecule has 0 aliphatic heterocycles. The van der Waals surface area contributed by atoms with Crippen molar-refractivity contribution in [3.63, 3.8) is 0 Å². The fourth-order valence-corrected chi connectivity index (χ4v) is 3.69. The number of nitrogens with zero attached hydrogens (tertiary/aromatic N) is 1. The van der Waals surface area contributed by atoms with Crippen LogP contribution in [0.25, 0.3) is 0 Å². The van der Waals surface area contributed by atoms with Crippen molar-refractivity contribution in [3.05, 3.63) is 59.4 Å². The maximum Gasteiger partial charge on any atom is 0.119 e. The lowest BCUT2D eigenvalue weighted by molar-refractivity contribution is 0.305. The quantitative estimate of drug-likeness (QED) is 0.284. The van der Waals surface area contributed by atoms with E-state index in [9.17, 15) is 0 Å². The second-order valence-corrected chi connectivity index (χ2v) is 8.31.